The molecule has 2 atom stereocenters. The monoisotopic (exact) mass is 303 g/mol. The van der Waals surface area contributed by atoms with Gasteiger partial charge in [-0.15, -0.1) is 0 Å². The number of anilines is 1. The molecular formula is C10H13N3O6S. The molecule has 0 radical (unpaired) electrons. The van der Waals surface area contributed by atoms with Gasteiger partial charge in [-0.05, 0) is 24.3 Å². The van der Waals surface area contributed by atoms with Crippen molar-refractivity contribution in [2.75, 3.05) is 5.73 Å². The summed E-state index contributed by atoms with van der Waals surface area (Å²) in [5.41, 5.74) is 10.9. The maximum absolute atomic E-state index is 11.9. The van der Waals surface area contributed by atoms with E-state index in [0.717, 1.165) is 12.1 Å². The van der Waals surface area contributed by atoms with E-state index >= 15 is 0 Å². The Morgan fingerprint density at radius 2 is 1.60 bits per heavy atom. The molecule has 0 saturated heterocycles. The molecule has 1 rings (SSSR count). The summed E-state index contributed by atoms with van der Waals surface area (Å²) in [4.78, 5) is 21.3. The fourth-order valence-electron chi connectivity index (χ4n) is 1.30. The lowest BCUT2D eigenvalue weighted by Crippen LogP contribution is -2.55. The molecule has 0 bridgehead atoms. The number of carboxylic acids is 2. The predicted molar refractivity (Wildman–Crippen MR) is 68.2 cm³/mol. The molecule has 0 spiro atoms. The first-order valence-electron chi connectivity index (χ1n) is 5.24. The lowest BCUT2D eigenvalue weighted by atomic mass is 10.1. The summed E-state index contributed by atoms with van der Waals surface area (Å²) < 4.78 is 25.6. The van der Waals surface area contributed by atoms with E-state index in [1.165, 1.54) is 12.1 Å². The minimum Gasteiger partial charge on any atom is -0.480 e. The number of carbonyl (C=O) groups is 2. The van der Waals surface area contributed by atoms with Crippen LogP contribution in [0.3, 0.4) is 0 Å². The van der Waals surface area contributed by atoms with Gasteiger partial charge < -0.3 is 21.7 Å². The van der Waals surface area contributed by atoms with Crippen molar-refractivity contribution in [1.29, 1.82) is 0 Å². The Bertz CT molecular complexity index is 612. The van der Waals surface area contributed by atoms with Gasteiger partial charge in [-0.1, -0.05) is 0 Å². The van der Waals surface area contributed by atoms with Crippen molar-refractivity contribution in [1.82, 2.24) is 4.72 Å². The van der Waals surface area contributed by atoms with Gasteiger partial charge in [0.25, 0.3) is 0 Å². The first-order chi connectivity index (χ1) is 9.15. The highest BCUT2D eigenvalue weighted by Gasteiger charge is 2.34. The fraction of sp³-hybridized carbons (Fsp3) is 0.200. The number of benzene rings is 1. The third-order valence-corrected chi connectivity index (χ3v) is 3.84. The van der Waals surface area contributed by atoms with Crippen LogP contribution in [0, 0.1) is 0 Å². The molecule has 20 heavy (non-hydrogen) atoms. The lowest BCUT2D eigenvalue weighted by Gasteiger charge is -2.18. The van der Waals surface area contributed by atoms with E-state index < -0.39 is 34.0 Å². The van der Waals surface area contributed by atoms with Crippen molar-refractivity contribution in [3.8, 4) is 0 Å². The average molecular weight is 303 g/mol. The van der Waals surface area contributed by atoms with Crippen molar-refractivity contribution in [3.63, 3.8) is 0 Å². The quantitative estimate of drug-likeness (QED) is 0.391. The van der Waals surface area contributed by atoms with Crippen molar-refractivity contribution >= 4 is 27.6 Å². The molecule has 0 aromatic heterocycles. The van der Waals surface area contributed by atoms with Gasteiger partial charge in [-0.3, -0.25) is 9.59 Å². The number of rotatable bonds is 6. The van der Waals surface area contributed by atoms with E-state index in [-0.39, 0.29) is 4.90 Å². The number of nitrogens with two attached hydrogens (primary N) is 2. The molecule has 1 aromatic carbocycles. The van der Waals surface area contributed by atoms with Gasteiger partial charge in [0.05, 0.1) is 4.90 Å². The van der Waals surface area contributed by atoms with Crippen LogP contribution in [0.5, 0.6) is 0 Å². The zero-order valence-electron chi connectivity index (χ0n) is 10.1. The number of hydrogen-bond acceptors (Lipinski definition) is 6. The third-order valence-electron chi connectivity index (χ3n) is 2.38. The topological polar surface area (TPSA) is 173 Å². The van der Waals surface area contributed by atoms with Crippen LogP contribution in [0.15, 0.2) is 29.2 Å². The Kier molecular flexibility index (Phi) is 4.65. The van der Waals surface area contributed by atoms with Gasteiger partial charge in [-0.2, -0.15) is 4.72 Å². The molecule has 7 N–H and O–H groups in total. The Labute approximate surface area is 114 Å². The predicted octanol–water partition coefficient (Wildman–Crippen LogP) is -1.59. The lowest BCUT2D eigenvalue weighted by molar-refractivity contribution is -0.146. The summed E-state index contributed by atoms with van der Waals surface area (Å²) in [6, 6.07) is 1.01. The number of carboxylic acid groups (broad SMARTS) is 2. The zero-order valence-corrected chi connectivity index (χ0v) is 10.9. The number of sulfonamides is 1. The number of nitrogens with one attached hydrogen (secondary N) is 1. The summed E-state index contributed by atoms with van der Waals surface area (Å²) in [5, 5.41) is 17.5. The highest BCUT2D eigenvalue weighted by molar-refractivity contribution is 7.89. The molecule has 0 aliphatic heterocycles. The van der Waals surface area contributed by atoms with Gasteiger partial charge in [-0.25, -0.2) is 8.42 Å². The molecule has 1 unspecified atom stereocenters. The Morgan fingerprint density at radius 3 is 2.00 bits per heavy atom. The van der Waals surface area contributed by atoms with Crippen LogP contribution < -0.4 is 16.2 Å². The standard InChI is InChI=1S/C10H13N3O6S/c11-5-1-3-6(4-2-5)20(18,19)13-8(10(16)17)7(12)9(14)15/h1-4,7-8,13H,11-12H2,(H,14,15)(H,16,17)/t7-,8?/m0/s1. The molecule has 0 heterocycles. The summed E-state index contributed by atoms with van der Waals surface area (Å²) in [6.45, 7) is 0. The average Bonchev–Trinajstić information content (AvgIpc) is 2.35. The van der Waals surface area contributed by atoms with Crippen LogP contribution in [0.25, 0.3) is 0 Å². The summed E-state index contributed by atoms with van der Waals surface area (Å²) in [7, 11) is -4.23. The smallest absolute Gasteiger partial charge is 0.323 e. The normalized spacial score (nSPS) is 14.4. The van der Waals surface area contributed by atoms with E-state index in [0.29, 0.717) is 5.69 Å². The Morgan fingerprint density at radius 1 is 1.10 bits per heavy atom. The second-order valence-corrected chi connectivity index (χ2v) is 5.58. The molecule has 0 fully saturated rings. The van der Waals surface area contributed by atoms with E-state index in [9.17, 15) is 18.0 Å². The third kappa shape index (κ3) is 3.66. The van der Waals surface area contributed by atoms with Crippen LogP contribution in [-0.2, 0) is 19.6 Å². The van der Waals surface area contributed by atoms with Gasteiger partial charge in [0.2, 0.25) is 10.0 Å². The van der Waals surface area contributed by atoms with Gasteiger partial charge in [0.15, 0.2) is 0 Å². The summed E-state index contributed by atoms with van der Waals surface area (Å²) in [5.74, 6) is -3.34. The molecule has 0 amide bonds. The van der Waals surface area contributed by atoms with Crippen molar-refractivity contribution in [2.24, 2.45) is 5.73 Å². The van der Waals surface area contributed by atoms with Gasteiger partial charge >= 0.3 is 11.9 Å². The molecular weight excluding hydrogens is 290 g/mol. The first kappa shape index (κ1) is 15.9. The van der Waals surface area contributed by atoms with Crippen molar-refractivity contribution in [3.05, 3.63) is 24.3 Å². The molecule has 110 valence electrons. The molecule has 0 aliphatic rings. The second kappa shape index (κ2) is 5.86. The first-order valence-corrected chi connectivity index (χ1v) is 6.72. The molecule has 0 aliphatic carbocycles. The number of hydrogen-bond donors (Lipinski definition) is 5. The molecule has 9 nitrogen and oxygen atoms in total. The van der Waals surface area contributed by atoms with Crippen LogP contribution >= 0.6 is 0 Å². The van der Waals surface area contributed by atoms with Crippen LogP contribution in [0.2, 0.25) is 0 Å². The van der Waals surface area contributed by atoms with Crippen molar-refractivity contribution < 1.29 is 28.2 Å². The van der Waals surface area contributed by atoms with Crippen molar-refractivity contribution in [2.45, 2.75) is 17.0 Å². The molecule has 0 saturated carbocycles. The minimum absolute atomic E-state index is 0.254. The SMILES string of the molecule is Nc1ccc(S(=O)(=O)NC(C(=O)O)[C@H](N)C(=O)O)cc1. The van der Waals surface area contributed by atoms with E-state index in [4.69, 9.17) is 21.7 Å². The maximum atomic E-state index is 11.9. The van der Waals surface area contributed by atoms with Crippen LogP contribution in [0.4, 0.5) is 5.69 Å². The van der Waals surface area contributed by atoms with Crippen LogP contribution in [-0.4, -0.2) is 42.7 Å². The number of aliphatic carboxylic acids is 2. The summed E-state index contributed by atoms with van der Waals surface area (Å²) >= 11 is 0. The maximum Gasteiger partial charge on any atom is 0.323 e. The highest BCUT2D eigenvalue weighted by atomic mass is 32.2. The minimum atomic E-state index is -4.23. The van der Waals surface area contributed by atoms with Gasteiger partial charge in [0.1, 0.15) is 12.1 Å². The van der Waals surface area contributed by atoms with Gasteiger partial charge in [0, 0.05) is 5.69 Å². The number of nitrogen functional groups attached to an aromatic ring is 1. The summed E-state index contributed by atoms with van der Waals surface area (Å²) in [6.07, 6.45) is 0. The van der Waals surface area contributed by atoms with E-state index in [2.05, 4.69) is 0 Å². The zero-order chi connectivity index (χ0) is 15.5. The highest BCUT2D eigenvalue weighted by Crippen LogP contribution is 2.12. The van der Waals surface area contributed by atoms with E-state index in [1.54, 1.807) is 4.72 Å². The Balaban J connectivity index is 3.06. The largest absolute Gasteiger partial charge is 0.480 e. The van der Waals surface area contributed by atoms with Crippen LogP contribution in [0.1, 0.15) is 0 Å². The fourth-order valence-corrected chi connectivity index (χ4v) is 2.51. The molecule has 10 heteroatoms. The Hall–Kier alpha value is -2.17. The second-order valence-electron chi connectivity index (χ2n) is 3.87. The van der Waals surface area contributed by atoms with E-state index in [1.807, 2.05) is 0 Å². The molecule has 1 aromatic rings.